The van der Waals surface area contributed by atoms with Gasteiger partial charge in [-0.3, -0.25) is 0 Å². The molecule has 0 saturated heterocycles. The lowest BCUT2D eigenvalue weighted by molar-refractivity contribution is -0.00877. The Morgan fingerprint density at radius 2 is 2.17 bits per heavy atom. The zero-order chi connectivity index (χ0) is 13.6. The van der Waals surface area contributed by atoms with Crippen molar-refractivity contribution in [3.63, 3.8) is 0 Å². The molecule has 0 aromatic rings. The van der Waals surface area contributed by atoms with E-state index in [4.69, 9.17) is 4.18 Å². The van der Waals surface area contributed by atoms with Crippen LogP contribution in [0.3, 0.4) is 0 Å². The number of unbranched alkanes of at least 4 members (excludes halogenated alkanes) is 1. The molecule has 18 heavy (non-hydrogen) atoms. The monoisotopic (exact) mass is 274 g/mol. The fourth-order valence-electron chi connectivity index (χ4n) is 1.63. The molecule has 1 rings (SSSR count). The van der Waals surface area contributed by atoms with Gasteiger partial charge < -0.3 is 9.80 Å². The molecule has 1 aliphatic rings. The molecule has 1 aliphatic heterocycles. The summed E-state index contributed by atoms with van der Waals surface area (Å²) >= 11 is 0. The summed E-state index contributed by atoms with van der Waals surface area (Å²) in [7, 11) is -1.71. The maximum absolute atomic E-state index is 11.8. The Bertz CT molecular complexity index is 392. The standard InChI is InChI=1S/C12H22N2O3S/c1-4-6-8-14-10-9-13(3)12(14)17-18(15,16)11-7-5-2/h5,9-10,12H,2,4,6-8,11H2,1,3H3. The van der Waals surface area contributed by atoms with Gasteiger partial charge >= 0.3 is 0 Å². The average Bonchev–Trinajstić information content (AvgIpc) is 2.65. The van der Waals surface area contributed by atoms with Crippen LogP contribution in [-0.2, 0) is 14.3 Å². The summed E-state index contributed by atoms with van der Waals surface area (Å²) in [6.45, 7) is 6.40. The summed E-state index contributed by atoms with van der Waals surface area (Å²) < 4.78 is 28.8. The SMILES string of the molecule is C=CCCS(=O)(=O)OC1N(C)C=CN1CCCC. The molecule has 6 heteroatoms. The van der Waals surface area contributed by atoms with E-state index in [-0.39, 0.29) is 5.75 Å². The van der Waals surface area contributed by atoms with Gasteiger partial charge in [-0.1, -0.05) is 19.4 Å². The molecule has 0 aromatic carbocycles. The third kappa shape index (κ3) is 4.34. The Kier molecular flexibility index (Phi) is 5.68. The molecule has 1 heterocycles. The molecule has 0 bridgehead atoms. The number of nitrogens with zero attached hydrogens (tertiary/aromatic N) is 2. The zero-order valence-corrected chi connectivity index (χ0v) is 11.9. The van der Waals surface area contributed by atoms with Gasteiger partial charge in [-0.25, -0.2) is 4.18 Å². The summed E-state index contributed by atoms with van der Waals surface area (Å²) in [6.07, 6.45) is 7.18. The zero-order valence-electron chi connectivity index (χ0n) is 11.1. The third-order valence-electron chi connectivity index (χ3n) is 2.70. The van der Waals surface area contributed by atoms with Crippen molar-refractivity contribution in [3.8, 4) is 0 Å². The molecular formula is C12H22N2O3S. The highest BCUT2D eigenvalue weighted by atomic mass is 32.2. The van der Waals surface area contributed by atoms with Gasteiger partial charge in [0.2, 0.25) is 6.35 Å². The highest BCUT2D eigenvalue weighted by molar-refractivity contribution is 7.86. The minimum Gasteiger partial charge on any atom is -0.336 e. The first-order valence-corrected chi connectivity index (χ1v) is 7.75. The topological polar surface area (TPSA) is 49.9 Å². The molecule has 0 spiro atoms. The largest absolute Gasteiger partial charge is 0.336 e. The van der Waals surface area contributed by atoms with Crippen LogP contribution >= 0.6 is 0 Å². The van der Waals surface area contributed by atoms with Crippen LogP contribution in [0.25, 0.3) is 0 Å². The van der Waals surface area contributed by atoms with Crippen molar-refractivity contribution in [2.24, 2.45) is 0 Å². The van der Waals surface area contributed by atoms with E-state index in [0.29, 0.717) is 6.42 Å². The van der Waals surface area contributed by atoms with Crippen LogP contribution in [0.4, 0.5) is 0 Å². The van der Waals surface area contributed by atoms with Gasteiger partial charge in [-0.2, -0.15) is 8.42 Å². The van der Waals surface area contributed by atoms with Crippen molar-refractivity contribution in [1.29, 1.82) is 0 Å². The Morgan fingerprint density at radius 3 is 2.78 bits per heavy atom. The lowest BCUT2D eigenvalue weighted by Crippen LogP contribution is -2.41. The summed E-state index contributed by atoms with van der Waals surface area (Å²) in [6, 6.07) is 0. The molecule has 1 unspecified atom stereocenters. The normalized spacial score (nSPS) is 19.6. The Balaban J connectivity index is 2.60. The Hall–Kier alpha value is -1.01. The third-order valence-corrected chi connectivity index (χ3v) is 3.90. The molecule has 0 N–H and O–H groups in total. The van der Waals surface area contributed by atoms with Crippen LogP contribution in [-0.4, -0.2) is 43.9 Å². The minimum atomic E-state index is -3.51. The molecule has 0 radical (unpaired) electrons. The van der Waals surface area contributed by atoms with Gasteiger partial charge in [-0.15, -0.1) is 6.58 Å². The van der Waals surface area contributed by atoms with Gasteiger partial charge in [0, 0.05) is 26.0 Å². The van der Waals surface area contributed by atoms with Gasteiger partial charge in [0.25, 0.3) is 10.1 Å². The van der Waals surface area contributed by atoms with Gasteiger partial charge in [0.15, 0.2) is 0 Å². The van der Waals surface area contributed by atoms with E-state index in [1.807, 2.05) is 17.3 Å². The first kappa shape index (κ1) is 15.0. The first-order valence-electron chi connectivity index (χ1n) is 6.18. The predicted molar refractivity (Wildman–Crippen MR) is 72.0 cm³/mol. The van der Waals surface area contributed by atoms with Gasteiger partial charge in [0.1, 0.15) is 0 Å². The fraction of sp³-hybridized carbons (Fsp3) is 0.667. The van der Waals surface area contributed by atoms with E-state index in [1.54, 1.807) is 18.0 Å². The summed E-state index contributed by atoms with van der Waals surface area (Å²) in [5.74, 6) is -0.0253. The van der Waals surface area contributed by atoms with Crippen molar-refractivity contribution in [2.45, 2.75) is 32.5 Å². The smallest absolute Gasteiger partial charge is 0.271 e. The molecule has 0 aliphatic carbocycles. The highest BCUT2D eigenvalue weighted by Crippen LogP contribution is 2.18. The molecule has 0 fully saturated rings. The van der Waals surface area contributed by atoms with E-state index < -0.39 is 16.5 Å². The summed E-state index contributed by atoms with van der Waals surface area (Å²) in [4.78, 5) is 3.65. The second kappa shape index (κ2) is 6.80. The van der Waals surface area contributed by atoms with Gasteiger partial charge in [0.05, 0.1) is 5.75 Å². The molecule has 0 aromatic heterocycles. The molecule has 0 saturated carbocycles. The van der Waals surface area contributed by atoms with Crippen LogP contribution in [0.1, 0.15) is 26.2 Å². The van der Waals surface area contributed by atoms with E-state index in [9.17, 15) is 8.42 Å². The quantitative estimate of drug-likeness (QED) is 0.498. The summed E-state index contributed by atoms with van der Waals surface area (Å²) in [5, 5.41) is 0. The lowest BCUT2D eigenvalue weighted by Gasteiger charge is -2.29. The minimum absolute atomic E-state index is 0.0253. The second-order valence-electron chi connectivity index (χ2n) is 4.32. The average molecular weight is 274 g/mol. The maximum atomic E-state index is 11.8. The molecule has 104 valence electrons. The highest BCUT2D eigenvalue weighted by Gasteiger charge is 2.29. The second-order valence-corrected chi connectivity index (χ2v) is 6.03. The number of allylic oxidation sites excluding steroid dienone is 1. The van der Waals surface area contributed by atoms with Crippen molar-refractivity contribution in [1.82, 2.24) is 9.80 Å². The van der Waals surface area contributed by atoms with Crippen molar-refractivity contribution in [2.75, 3.05) is 19.3 Å². The molecular weight excluding hydrogens is 252 g/mol. The van der Waals surface area contributed by atoms with E-state index in [2.05, 4.69) is 13.5 Å². The van der Waals surface area contributed by atoms with Crippen LogP contribution in [0, 0.1) is 0 Å². The molecule has 0 amide bonds. The van der Waals surface area contributed by atoms with Crippen molar-refractivity contribution in [3.05, 3.63) is 25.1 Å². The molecule has 5 nitrogen and oxygen atoms in total. The van der Waals surface area contributed by atoms with Gasteiger partial charge in [-0.05, 0) is 12.8 Å². The van der Waals surface area contributed by atoms with E-state index in [1.165, 1.54) is 0 Å². The van der Waals surface area contributed by atoms with Crippen LogP contribution in [0.15, 0.2) is 25.1 Å². The Morgan fingerprint density at radius 1 is 1.44 bits per heavy atom. The Labute approximate surface area is 110 Å². The predicted octanol–water partition coefficient (Wildman–Crippen LogP) is 1.71. The lowest BCUT2D eigenvalue weighted by atomic mass is 10.3. The summed E-state index contributed by atoms with van der Waals surface area (Å²) in [5.41, 5.74) is 0. The van der Waals surface area contributed by atoms with E-state index >= 15 is 0 Å². The molecule has 1 atom stereocenters. The van der Waals surface area contributed by atoms with E-state index in [0.717, 1.165) is 19.4 Å². The number of hydrogen-bond donors (Lipinski definition) is 0. The number of hydrogen-bond acceptors (Lipinski definition) is 5. The van der Waals surface area contributed by atoms with Crippen LogP contribution in [0.2, 0.25) is 0 Å². The van der Waals surface area contributed by atoms with Crippen molar-refractivity contribution >= 4 is 10.1 Å². The van der Waals surface area contributed by atoms with Crippen LogP contribution in [0.5, 0.6) is 0 Å². The van der Waals surface area contributed by atoms with Crippen LogP contribution < -0.4 is 0 Å². The van der Waals surface area contributed by atoms with Crippen molar-refractivity contribution < 1.29 is 12.6 Å². The number of rotatable bonds is 8. The maximum Gasteiger partial charge on any atom is 0.271 e. The first-order chi connectivity index (χ1) is 8.50. The fourth-order valence-corrected chi connectivity index (χ4v) is 2.69.